The zero-order chi connectivity index (χ0) is 16.9. The maximum absolute atomic E-state index is 12.3. The quantitative estimate of drug-likeness (QED) is 0.828. The van der Waals surface area contributed by atoms with Crippen LogP contribution in [0.5, 0.6) is 11.5 Å². The van der Waals surface area contributed by atoms with Crippen molar-refractivity contribution in [1.29, 1.82) is 0 Å². The van der Waals surface area contributed by atoms with Gasteiger partial charge in [-0.1, -0.05) is 6.07 Å². The first-order valence-corrected chi connectivity index (χ1v) is 5.98. The number of alkyl halides is 3. The number of hydrogen-bond donors (Lipinski definition) is 1. The van der Waals surface area contributed by atoms with E-state index in [1.54, 1.807) is 5.32 Å². The number of carbonyl (C=O) groups is 2. The van der Waals surface area contributed by atoms with Crippen LogP contribution < -0.4 is 19.9 Å². The van der Waals surface area contributed by atoms with Gasteiger partial charge in [-0.3, -0.25) is 4.79 Å². The summed E-state index contributed by atoms with van der Waals surface area (Å²) in [6.07, 6.45) is -5.95. The Kier molecular flexibility index (Phi) is 5.61. The molecule has 0 heterocycles. The van der Waals surface area contributed by atoms with E-state index in [4.69, 9.17) is 9.47 Å². The first-order chi connectivity index (χ1) is 10.2. The summed E-state index contributed by atoms with van der Waals surface area (Å²) in [6.45, 7) is 0. The molecule has 0 aliphatic carbocycles. The van der Waals surface area contributed by atoms with Crippen molar-refractivity contribution in [2.24, 2.45) is 0 Å². The molecule has 1 rings (SSSR count). The number of rotatable bonds is 6. The summed E-state index contributed by atoms with van der Waals surface area (Å²) in [6, 6.07) is 2.57. The van der Waals surface area contributed by atoms with Crippen LogP contribution in [-0.2, 0) is 9.59 Å². The number of amides is 1. The van der Waals surface area contributed by atoms with Crippen molar-refractivity contribution in [3.8, 4) is 11.5 Å². The number of carboxylic acids is 1. The van der Waals surface area contributed by atoms with E-state index >= 15 is 0 Å². The van der Waals surface area contributed by atoms with E-state index < -0.39 is 30.5 Å². The third-order valence-electron chi connectivity index (χ3n) is 2.74. The fraction of sp³-hybridized carbons (Fsp3) is 0.385. The smallest absolute Gasteiger partial charge is 0.471 e. The van der Waals surface area contributed by atoms with Crippen molar-refractivity contribution in [3.63, 3.8) is 0 Å². The van der Waals surface area contributed by atoms with Crippen molar-refractivity contribution in [3.05, 3.63) is 23.8 Å². The van der Waals surface area contributed by atoms with Crippen LogP contribution in [0.3, 0.4) is 0 Å². The van der Waals surface area contributed by atoms with Gasteiger partial charge in [-0.2, -0.15) is 13.2 Å². The van der Waals surface area contributed by atoms with Crippen LogP contribution in [0.25, 0.3) is 0 Å². The lowest BCUT2D eigenvalue weighted by Gasteiger charge is -2.21. The molecule has 9 heteroatoms. The molecule has 1 N–H and O–H groups in total. The van der Waals surface area contributed by atoms with Gasteiger partial charge in [0.1, 0.15) is 0 Å². The third-order valence-corrected chi connectivity index (χ3v) is 2.74. The first kappa shape index (κ1) is 17.6. The van der Waals surface area contributed by atoms with Gasteiger partial charge in [0.05, 0.1) is 20.3 Å². The number of methoxy groups -OCH3 is 2. The average Bonchev–Trinajstić information content (AvgIpc) is 2.44. The molecule has 1 aromatic rings. The molecular formula is C13H13F3NO5-. The SMILES string of the molecule is COc1ccc([C@@H](CC(=O)[O-])NC(=O)C(F)(F)F)cc1OC. The molecule has 0 aliphatic heterocycles. The van der Waals surface area contributed by atoms with E-state index in [1.165, 1.54) is 32.4 Å². The zero-order valence-electron chi connectivity index (χ0n) is 11.7. The lowest BCUT2D eigenvalue weighted by molar-refractivity contribution is -0.306. The van der Waals surface area contributed by atoms with Crippen molar-refractivity contribution < 1.29 is 37.3 Å². The van der Waals surface area contributed by atoms with Gasteiger partial charge in [0, 0.05) is 12.4 Å². The first-order valence-electron chi connectivity index (χ1n) is 5.98. The molecule has 122 valence electrons. The lowest BCUT2D eigenvalue weighted by Crippen LogP contribution is -2.41. The summed E-state index contributed by atoms with van der Waals surface area (Å²) in [5.74, 6) is -3.36. The van der Waals surface area contributed by atoms with Gasteiger partial charge >= 0.3 is 12.1 Å². The van der Waals surface area contributed by atoms with E-state index in [0.29, 0.717) is 5.75 Å². The topological polar surface area (TPSA) is 87.7 Å². The highest BCUT2D eigenvalue weighted by molar-refractivity contribution is 5.82. The molecule has 22 heavy (non-hydrogen) atoms. The second-order valence-electron chi connectivity index (χ2n) is 4.21. The fourth-order valence-electron chi connectivity index (χ4n) is 1.73. The number of benzene rings is 1. The molecule has 0 radical (unpaired) electrons. The largest absolute Gasteiger partial charge is 0.550 e. The van der Waals surface area contributed by atoms with Crippen LogP contribution in [-0.4, -0.2) is 32.3 Å². The third kappa shape index (κ3) is 4.54. The van der Waals surface area contributed by atoms with Gasteiger partial charge in [0.2, 0.25) is 0 Å². The molecule has 6 nitrogen and oxygen atoms in total. The monoisotopic (exact) mass is 320 g/mol. The van der Waals surface area contributed by atoms with E-state index in [9.17, 15) is 27.9 Å². The second kappa shape index (κ2) is 7.01. The highest BCUT2D eigenvalue weighted by Crippen LogP contribution is 2.31. The summed E-state index contributed by atoms with van der Waals surface area (Å²) < 4.78 is 46.9. The maximum atomic E-state index is 12.3. The molecule has 0 aromatic heterocycles. The highest BCUT2D eigenvalue weighted by atomic mass is 19.4. The molecule has 0 saturated carbocycles. The number of ether oxygens (including phenoxy) is 2. The number of halogens is 3. The van der Waals surface area contributed by atoms with Gasteiger partial charge in [-0.15, -0.1) is 0 Å². The molecule has 1 aromatic carbocycles. The summed E-state index contributed by atoms with van der Waals surface area (Å²) in [7, 11) is 2.67. The Morgan fingerprint density at radius 2 is 1.82 bits per heavy atom. The van der Waals surface area contributed by atoms with E-state index in [1.807, 2.05) is 0 Å². The predicted octanol–water partition coefficient (Wildman–Crippen LogP) is 0.563. The summed E-state index contributed by atoms with van der Waals surface area (Å²) in [5, 5.41) is 12.3. The highest BCUT2D eigenvalue weighted by Gasteiger charge is 2.40. The van der Waals surface area contributed by atoms with Gasteiger partial charge in [-0.05, 0) is 17.7 Å². The predicted molar refractivity (Wildman–Crippen MR) is 66.1 cm³/mol. The fourth-order valence-corrected chi connectivity index (χ4v) is 1.73. The molecule has 0 unspecified atom stereocenters. The molecule has 0 bridgehead atoms. The lowest BCUT2D eigenvalue weighted by atomic mass is 10.0. The van der Waals surface area contributed by atoms with Crippen molar-refractivity contribution >= 4 is 11.9 Å². The van der Waals surface area contributed by atoms with Crippen LogP contribution in [0.1, 0.15) is 18.0 Å². The molecule has 0 spiro atoms. The number of aliphatic carboxylic acids is 1. The number of hydrogen-bond acceptors (Lipinski definition) is 5. The Bertz CT molecular complexity index is 559. The standard InChI is InChI=1S/C13H14F3NO5/c1-21-9-4-3-7(5-10(9)22-2)8(6-11(18)19)17-12(20)13(14,15)16/h3-5,8H,6H2,1-2H3,(H,17,20)(H,18,19)/p-1/t8-/m1/s1. The van der Waals surface area contributed by atoms with Gasteiger partial charge in [0.15, 0.2) is 11.5 Å². The number of carboxylic acid groups (broad SMARTS) is 1. The minimum Gasteiger partial charge on any atom is -0.550 e. The minimum absolute atomic E-state index is 0.111. The van der Waals surface area contributed by atoms with Gasteiger partial charge < -0.3 is 24.7 Å². The van der Waals surface area contributed by atoms with Crippen LogP contribution >= 0.6 is 0 Å². The Hall–Kier alpha value is -2.45. The Labute approximate surface area is 123 Å². The van der Waals surface area contributed by atoms with Crippen LogP contribution in [0, 0.1) is 0 Å². The molecule has 0 fully saturated rings. The molecule has 0 saturated heterocycles. The molecular weight excluding hydrogens is 307 g/mol. The summed E-state index contributed by atoms with van der Waals surface area (Å²) in [4.78, 5) is 21.7. The Morgan fingerprint density at radius 1 is 1.23 bits per heavy atom. The molecule has 0 aliphatic rings. The van der Waals surface area contributed by atoms with E-state index in [-0.39, 0.29) is 11.3 Å². The van der Waals surface area contributed by atoms with Crippen LogP contribution in [0.15, 0.2) is 18.2 Å². The minimum atomic E-state index is -5.12. The van der Waals surface area contributed by atoms with Crippen LogP contribution in [0.4, 0.5) is 13.2 Å². The number of carbonyl (C=O) groups excluding carboxylic acids is 2. The van der Waals surface area contributed by atoms with Gasteiger partial charge in [-0.25, -0.2) is 0 Å². The summed E-state index contributed by atoms with van der Waals surface area (Å²) >= 11 is 0. The van der Waals surface area contributed by atoms with Crippen molar-refractivity contribution in [2.45, 2.75) is 18.6 Å². The van der Waals surface area contributed by atoms with Gasteiger partial charge in [0.25, 0.3) is 0 Å². The summed E-state index contributed by atoms with van der Waals surface area (Å²) in [5.41, 5.74) is 0.111. The Balaban J connectivity index is 3.11. The van der Waals surface area contributed by atoms with Crippen LogP contribution in [0.2, 0.25) is 0 Å². The normalized spacial score (nSPS) is 12.4. The second-order valence-corrected chi connectivity index (χ2v) is 4.21. The van der Waals surface area contributed by atoms with E-state index in [2.05, 4.69) is 0 Å². The average molecular weight is 320 g/mol. The molecule has 1 amide bonds. The number of nitrogens with one attached hydrogen (secondary N) is 1. The maximum Gasteiger partial charge on any atom is 0.471 e. The van der Waals surface area contributed by atoms with E-state index in [0.717, 1.165) is 0 Å². The molecule has 1 atom stereocenters. The van der Waals surface area contributed by atoms with Crippen molar-refractivity contribution in [1.82, 2.24) is 5.32 Å². The zero-order valence-corrected chi connectivity index (χ0v) is 11.7. The Morgan fingerprint density at radius 3 is 2.27 bits per heavy atom. The van der Waals surface area contributed by atoms with Crippen molar-refractivity contribution in [2.75, 3.05) is 14.2 Å².